The van der Waals surface area contributed by atoms with Gasteiger partial charge in [-0.15, -0.1) is 0 Å². The van der Waals surface area contributed by atoms with Gasteiger partial charge in [-0.2, -0.15) is 0 Å². The molecule has 7 nitrogen and oxygen atoms in total. The molecular weight excluding hydrogens is 356 g/mol. The van der Waals surface area contributed by atoms with Gasteiger partial charge in [-0.25, -0.2) is 14.8 Å². The first-order valence-electron chi connectivity index (χ1n) is 8.78. The zero-order chi connectivity index (χ0) is 19.5. The van der Waals surface area contributed by atoms with Crippen LogP contribution in [0.5, 0.6) is 5.75 Å². The molecule has 0 atom stereocenters. The first-order valence-corrected chi connectivity index (χ1v) is 8.78. The molecule has 0 spiro atoms. The number of rotatable bonds is 5. The number of nitrogens with zero attached hydrogens (tertiary/aromatic N) is 4. The fraction of sp³-hybridized carbons (Fsp3) is 0.143. The lowest BCUT2D eigenvalue weighted by Crippen LogP contribution is -2.41. The molecule has 2 aromatic heterocycles. The molecule has 0 bridgehead atoms. The summed E-state index contributed by atoms with van der Waals surface area (Å²) >= 11 is 0. The van der Waals surface area contributed by atoms with Crippen LogP contribution in [-0.4, -0.2) is 26.2 Å². The van der Waals surface area contributed by atoms with Gasteiger partial charge in [0.15, 0.2) is 11.2 Å². The van der Waals surface area contributed by atoms with Crippen LogP contribution in [0.25, 0.3) is 11.2 Å². The zero-order valence-electron chi connectivity index (χ0n) is 15.3. The monoisotopic (exact) mass is 374 g/mol. The number of aromatic nitrogens is 4. The molecule has 0 N–H and O–H groups in total. The second kappa shape index (κ2) is 7.48. The second-order valence-electron chi connectivity index (χ2n) is 6.33. The van der Waals surface area contributed by atoms with Crippen molar-refractivity contribution in [3.63, 3.8) is 0 Å². The van der Waals surface area contributed by atoms with E-state index in [4.69, 9.17) is 4.74 Å². The van der Waals surface area contributed by atoms with E-state index in [0.717, 1.165) is 11.1 Å². The van der Waals surface area contributed by atoms with Crippen molar-refractivity contribution in [3.05, 3.63) is 99.0 Å². The van der Waals surface area contributed by atoms with Crippen LogP contribution in [0.2, 0.25) is 0 Å². The van der Waals surface area contributed by atoms with Gasteiger partial charge in [0.2, 0.25) is 0 Å². The van der Waals surface area contributed by atoms with Crippen molar-refractivity contribution in [3.8, 4) is 5.75 Å². The minimum absolute atomic E-state index is 0.168. The van der Waals surface area contributed by atoms with Gasteiger partial charge in [0.1, 0.15) is 5.75 Å². The first kappa shape index (κ1) is 17.7. The van der Waals surface area contributed by atoms with Crippen molar-refractivity contribution < 1.29 is 4.74 Å². The summed E-state index contributed by atoms with van der Waals surface area (Å²) in [4.78, 5) is 34.5. The highest BCUT2D eigenvalue weighted by molar-refractivity contribution is 5.68. The summed E-state index contributed by atoms with van der Waals surface area (Å²) in [5, 5.41) is 0. The van der Waals surface area contributed by atoms with Crippen molar-refractivity contribution in [2.75, 3.05) is 7.11 Å². The Labute approximate surface area is 160 Å². The fourth-order valence-corrected chi connectivity index (χ4v) is 3.13. The molecule has 28 heavy (non-hydrogen) atoms. The first-order chi connectivity index (χ1) is 13.7. The topological polar surface area (TPSA) is 79.0 Å². The molecule has 2 aromatic carbocycles. The average Bonchev–Trinajstić information content (AvgIpc) is 2.75. The van der Waals surface area contributed by atoms with Gasteiger partial charge in [-0.3, -0.25) is 13.9 Å². The lowest BCUT2D eigenvalue weighted by atomic mass is 10.2. The summed E-state index contributed by atoms with van der Waals surface area (Å²) in [5.74, 6) is 0.693. The van der Waals surface area contributed by atoms with Crippen molar-refractivity contribution in [1.82, 2.24) is 19.1 Å². The lowest BCUT2D eigenvalue weighted by molar-refractivity contribution is 0.414. The number of benzene rings is 2. The predicted molar refractivity (Wildman–Crippen MR) is 106 cm³/mol. The minimum atomic E-state index is -0.446. The Morgan fingerprint density at radius 1 is 0.857 bits per heavy atom. The summed E-state index contributed by atoms with van der Waals surface area (Å²) in [5.41, 5.74) is 1.28. The number of fused-ring (bicyclic) bond motifs is 1. The van der Waals surface area contributed by atoms with Gasteiger partial charge >= 0.3 is 5.69 Å². The van der Waals surface area contributed by atoms with Crippen molar-refractivity contribution in [1.29, 1.82) is 0 Å². The van der Waals surface area contributed by atoms with Gasteiger partial charge in [-0.1, -0.05) is 42.5 Å². The molecule has 0 radical (unpaired) electrons. The van der Waals surface area contributed by atoms with Crippen LogP contribution in [0.1, 0.15) is 11.1 Å². The molecule has 2 heterocycles. The molecule has 140 valence electrons. The molecule has 0 saturated carbocycles. The van der Waals surface area contributed by atoms with Crippen molar-refractivity contribution in [2.24, 2.45) is 0 Å². The summed E-state index contributed by atoms with van der Waals surface area (Å²) < 4.78 is 7.94. The second-order valence-corrected chi connectivity index (χ2v) is 6.33. The smallest absolute Gasteiger partial charge is 0.333 e. The maximum Gasteiger partial charge on any atom is 0.333 e. The Morgan fingerprint density at radius 3 is 2.36 bits per heavy atom. The Morgan fingerprint density at radius 2 is 1.57 bits per heavy atom. The molecule has 0 aliphatic heterocycles. The largest absolute Gasteiger partial charge is 0.497 e. The third-order valence-electron chi connectivity index (χ3n) is 4.50. The average molecular weight is 374 g/mol. The molecule has 0 unspecified atom stereocenters. The van der Waals surface area contributed by atoms with E-state index >= 15 is 0 Å². The Hall–Kier alpha value is -3.74. The Kier molecular flexibility index (Phi) is 4.72. The molecule has 0 aliphatic rings. The highest BCUT2D eigenvalue weighted by atomic mass is 16.5. The molecular formula is C21H18N4O3. The molecule has 7 heteroatoms. The van der Waals surface area contributed by atoms with Crippen LogP contribution in [0.3, 0.4) is 0 Å². The fourth-order valence-electron chi connectivity index (χ4n) is 3.13. The van der Waals surface area contributed by atoms with E-state index in [1.165, 1.54) is 21.5 Å². The van der Waals surface area contributed by atoms with Crippen LogP contribution >= 0.6 is 0 Å². The quantitative estimate of drug-likeness (QED) is 0.534. The molecule has 0 saturated heterocycles. The summed E-state index contributed by atoms with van der Waals surface area (Å²) in [7, 11) is 1.59. The lowest BCUT2D eigenvalue weighted by Gasteiger charge is -2.13. The minimum Gasteiger partial charge on any atom is -0.497 e. The Bertz CT molecular complexity index is 1250. The van der Waals surface area contributed by atoms with E-state index in [-0.39, 0.29) is 24.3 Å². The maximum absolute atomic E-state index is 13.2. The van der Waals surface area contributed by atoms with Gasteiger partial charge in [0, 0.05) is 12.4 Å². The SMILES string of the molecule is COc1cccc(Cn2c(=O)n(Cc3ccccc3)c(=O)c3nccnc32)c1. The van der Waals surface area contributed by atoms with Gasteiger partial charge < -0.3 is 4.74 Å². The van der Waals surface area contributed by atoms with E-state index in [9.17, 15) is 9.59 Å². The molecule has 4 rings (SSSR count). The van der Waals surface area contributed by atoms with Crippen LogP contribution in [0.15, 0.2) is 76.6 Å². The van der Waals surface area contributed by atoms with Gasteiger partial charge in [0.25, 0.3) is 5.56 Å². The third kappa shape index (κ3) is 3.29. The molecule has 0 aliphatic carbocycles. The number of hydrogen-bond acceptors (Lipinski definition) is 5. The standard InChI is InChI=1S/C21H18N4O3/c1-28-17-9-5-8-16(12-17)14-24-19-18(22-10-11-23-19)20(26)25(21(24)27)13-15-6-3-2-4-7-15/h2-12H,13-14H2,1H3. The van der Waals surface area contributed by atoms with Crippen LogP contribution < -0.4 is 16.0 Å². The maximum atomic E-state index is 13.2. The van der Waals surface area contributed by atoms with E-state index in [0.29, 0.717) is 5.75 Å². The number of hydrogen-bond donors (Lipinski definition) is 0. The molecule has 4 aromatic rings. The predicted octanol–water partition coefficient (Wildman–Crippen LogP) is 2.06. The summed E-state index contributed by atoms with van der Waals surface area (Å²) in [6.45, 7) is 0.420. The number of ether oxygens (including phenoxy) is 1. The van der Waals surface area contributed by atoms with E-state index in [1.54, 1.807) is 7.11 Å². The van der Waals surface area contributed by atoms with E-state index in [1.807, 2.05) is 54.6 Å². The Balaban J connectivity index is 1.89. The zero-order valence-corrected chi connectivity index (χ0v) is 15.3. The van der Waals surface area contributed by atoms with E-state index < -0.39 is 11.2 Å². The summed E-state index contributed by atoms with van der Waals surface area (Å²) in [6, 6.07) is 16.8. The summed E-state index contributed by atoms with van der Waals surface area (Å²) in [6.07, 6.45) is 2.93. The molecule has 0 amide bonds. The normalized spacial score (nSPS) is 10.9. The van der Waals surface area contributed by atoms with Crippen LogP contribution in [-0.2, 0) is 13.1 Å². The highest BCUT2D eigenvalue weighted by Crippen LogP contribution is 2.14. The van der Waals surface area contributed by atoms with Gasteiger partial charge in [0.05, 0.1) is 20.2 Å². The van der Waals surface area contributed by atoms with Crippen LogP contribution in [0, 0.1) is 0 Å². The van der Waals surface area contributed by atoms with Crippen molar-refractivity contribution in [2.45, 2.75) is 13.1 Å². The van der Waals surface area contributed by atoms with Crippen LogP contribution in [0.4, 0.5) is 0 Å². The molecule has 0 fully saturated rings. The van der Waals surface area contributed by atoms with Crippen molar-refractivity contribution >= 4 is 11.2 Å². The third-order valence-corrected chi connectivity index (χ3v) is 4.50. The van der Waals surface area contributed by atoms with E-state index in [2.05, 4.69) is 9.97 Å². The highest BCUT2D eigenvalue weighted by Gasteiger charge is 2.15. The van der Waals surface area contributed by atoms with Gasteiger partial charge in [-0.05, 0) is 23.3 Å². The number of methoxy groups -OCH3 is 1.